The minimum absolute atomic E-state index is 0.445. The van der Waals surface area contributed by atoms with Gasteiger partial charge in [0, 0.05) is 13.0 Å². The van der Waals surface area contributed by atoms with E-state index in [1.54, 1.807) is 0 Å². The number of rotatable bonds is 5. The van der Waals surface area contributed by atoms with Crippen molar-refractivity contribution in [3.63, 3.8) is 0 Å². The Morgan fingerprint density at radius 3 is 2.45 bits per heavy atom. The van der Waals surface area contributed by atoms with E-state index >= 15 is 0 Å². The molecular formula is C17H27N3. The maximum absolute atomic E-state index is 5.77. The molecule has 0 spiro atoms. The van der Waals surface area contributed by atoms with Crippen molar-refractivity contribution in [2.75, 3.05) is 6.54 Å². The molecule has 1 atom stereocenters. The molecule has 0 aliphatic carbocycles. The highest BCUT2D eigenvalue weighted by molar-refractivity contribution is 5.77. The van der Waals surface area contributed by atoms with Gasteiger partial charge in [0.05, 0.1) is 11.0 Å². The zero-order valence-corrected chi connectivity index (χ0v) is 13.4. The Hall–Kier alpha value is -1.35. The second kappa shape index (κ2) is 5.96. The number of benzene rings is 1. The first kappa shape index (κ1) is 15.0. The van der Waals surface area contributed by atoms with Crippen LogP contribution in [0, 0.1) is 5.92 Å². The van der Waals surface area contributed by atoms with Gasteiger partial charge in [-0.25, -0.2) is 4.98 Å². The molecule has 0 saturated heterocycles. The highest BCUT2D eigenvalue weighted by atomic mass is 15.1. The van der Waals surface area contributed by atoms with Gasteiger partial charge in [-0.05, 0) is 42.5 Å². The fourth-order valence-electron chi connectivity index (χ4n) is 3.05. The number of hydrogen-bond acceptors (Lipinski definition) is 2. The summed E-state index contributed by atoms with van der Waals surface area (Å²) in [5.41, 5.74) is 9.46. The highest BCUT2D eigenvalue weighted by Gasteiger charge is 2.17. The van der Waals surface area contributed by atoms with E-state index in [9.17, 15) is 0 Å². The maximum atomic E-state index is 5.77. The van der Waals surface area contributed by atoms with Crippen molar-refractivity contribution in [1.29, 1.82) is 0 Å². The minimum atomic E-state index is 0.445. The Labute approximate surface area is 122 Å². The smallest absolute Gasteiger partial charge is 0.112 e. The van der Waals surface area contributed by atoms with Crippen LogP contribution in [0.3, 0.4) is 0 Å². The van der Waals surface area contributed by atoms with Gasteiger partial charge in [-0.2, -0.15) is 0 Å². The first-order chi connectivity index (χ1) is 9.45. The van der Waals surface area contributed by atoms with E-state index in [0.717, 1.165) is 24.3 Å². The molecule has 0 fully saturated rings. The third-order valence-corrected chi connectivity index (χ3v) is 4.17. The molecule has 0 saturated carbocycles. The summed E-state index contributed by atoms with van der Waals surface area (Å²) in [5.74, 6) is 2.72. The third-order valence-electron chi connectivity index (χ3n) is 4.17. The molecule has 3 heteroatoms. The molecule has 2 N–H and O–H groups in total. The fraction of sp³-hybridized carbons (Fsp3) is 0.588. The summed E-state index contributed by atoms with van der Waals surface area (Å²) in [7, 11) is 2.10. The van der Waals surface area contributed by atoms with Crippen LogP contribution in [0.15, 0.2) is 18.2 Å². The van der Waals surface area contributed by atoms with Crippen molar-refractivity contribution in [2.45, 2.75) is 46.0 Å². The lowest BCUT2D eigenvalue weighted by Gasteiger charge is -2.20. The summed E-state index contributed by atoms with van der Waals surface area (Å²) in [4.78, 5) is 4.81. The van der Waals surface area contributed by atoms with E-state index in [1.807, 2.05) is 0 Å². The number of aromatic nitrogens is 2. The predicted molar refractivity (Wildman–Crippen MR) is 86.1 cm³/mol. The van der Waals surface area contributed by atoms with E-state index in [4.69, 9.17) is 10.7 Å². The molecule has 1 aromatic carbocycles. The van der Waals surface area contributed by atoms with E-state index in [0.29, 0.717) is 17.8 Å². The van der Waals surface area contributed by atoms with Crippen LogP contribution in [0.2, 0.25) is 0 Å². The largest absolute Gasteiger partial charge is 0.331 e. The number of nitrogens with two attached hydrogens (primary N) is 1. The SMILES string of the molecule is CC(C)c1nc2cc(C(CCN)C(C)C)ccc2n1C. The summed E-state index contributed by atoms with van der Waals surface area (Å²) in [6.45, 7) is 9.65. The van der Waals surface area contributed by atoms with E-state index in [-0.39, 0.29) is 0 Å². The molecule has 2 rings (SSSR count). The van der Waals surface area contributed by atoms with Crippen molar-refractivity contribution < 1.29 is 0 Å². The summed E-state index contributed by atoms with van der Waals surface area (Å²) in [6, 6.07) is 6.70. The molecule has 3 nitrogen and oxygen atoms in total. The number of hydrogen-bond donors (Lipinski definition) is 1. The zero-order valence-electron chi connectivity index (χ0n) is 13.4. The monoisotopic (exact) mass is 273 g/mol. The van der Waals surface area contributed by atoms with Crippen LogP contribution in [0.5, 0.6) is 0 Å². The number of aryl methyl sites for hydroxylation is 1. The average molecular weight is 273 g/mol. The van der Waals surface area contributed by atoms with Gasteiger partial charge < -0.3 is 10.3 Å². The van der Waals surface area contributed by atoms with Gasteiger partial charge in [0.25, 0.3) is 0 Å². The van der Waals surface area contributed by atoms with Gasteiger partial charge in [0.15, 0.2) is 0 Å². The van der Waals surface area contributed by atoms with E-state index < -0.39 is 0 Å². The van der Waals surface area contributed by atoms with Crippen LogP contribution in [0.1, 0.15) is 57.3 Å². The Kier molecular flexibility index (Phi) is 4.48. The van der Waals surface area contributed by atoms with Crippen molar-refractivity contribution in [1.82, 2.24) is 9.55 Å². The molecule has 1 aromatic heterocycles. The summed E-state index contributed by atoms with van der Waals surface area (Å²) >= 11 is 0. The van der Waals surface area contributed by atoms with E-state index in [1.165, 1.54) is 11.1 Å². The first-order valence-corrected chi connectivity index (χ1v) is 7.62. The molecule has 0 amide bonds. The lowest BCUT2D eigenvalue weighted by atomic mass is 9.85. The molecular weight excluding hydrogens is 246 g/mol. The number of nitrogens with zero attached hydrogens (tertiary/aromatic N) is 2. The summed E-state index contributed by atoms with van der Waals surface area (Å²) < 4.78 is 2.21. The minimum Gasteiger partial charge on any atom is -0.331 e. The van der Waals surface area contributed by atoms with E-state index in [2.05, 4.69) is 57.5 Å². The normalized spacial score (nSPS) is 13.6. The van der Waals surface area contributed by atoms with Crippen LogP contribution in [0.25, 0.3) is 11.0 Å². The molecule has 0 radical (unpaired) electrons. The van der Waals surface area contributed by atoms with Gasteiger partial charge in [-0.1, -0.05) is 33.8 Å². The number of imidazole rings is 1. The van der Waals surface area contributed by atoms with Crippen LogP contribution in [-0.4, -0.2) is 16.1 Å². The van der Waals surface area contributed by atoms with Crippen molar-refractivity contribution in [3.8, 4) is 0 Å². The van der Waals surface area contributed by atoms with Gasteiger partial charge in [-0.15, -0.1) is 0 Å². The van der Waals surface area contributed by atoms with Crippen LogP contribution in [0.4, 0.5) is 0 Å². The molecule has 0 bridgehead atoms. The number of fused-ring (bicyclic) bond motifs is 1. The Morgan fingerprint density at radius 2 is 1.90 bits per heavy atom. The third kappa shape index (κ3) is 2.73. The lowest BCUT2D eigenvalue weighted by Crippen LogP contribution is -2.12. The molecule has 1 unspecified atom stereocenters. The second-order valence-corrected chi connectivity index (χ2v) is 6.36. The topological polar surface area (TPSA) is 43.8 Å². The van der Waals surface area contributed by atoms with Crippen molar-refractivity contribution in [2.24, 2.45) is 18.7 Å². The quantitative estimate of drug-likeness (QED) is 0.901. The van der Waals surface area contributed by atoms with Gasteiger partial charge in [0.2, 0.25) is 0 Å². The molecule has 0 aliphatic rings. The van der Waals surface area contributed by atoms with Crippen molar-refractivity contribution in [3.05, 3.63) is 29.6 Å². The first-order valence-electron chi connectivity index (χ1n) is 7.62. The maximum Gasteiger partial charge on any atom is 0.112 e. The molecule has 2 aromatic rings. The molecule has 0 aliphatic heterocycles. The zero-order chi connectivity index (χ0) is 14.9. The summed E-state index contributed by atoms with van der Waals surface area (Å²) in [5, 5.41) is 0. The Balaban J connectivity index is 2.47. The fourth-order valence-corrected chi connectivity index (χ4v) is 3.05. The molecule has 110 valence electrons. The Morgan fingerprint density at radius 1 is 1.20 bits per heavy atom. The van der Waals surface area contributed by atoms with Gasteiger partial charge in [0.1, 0.15) is 5.82 Å². The predicted octanol–water partition coefficient (Wildman–Crippen LogP) is 3.79. The van der Waals surface area contributed by atoms with Crippen LogP contribution in [-0.2, 0) is 7.05 Å². The summed E-state index contributed by atoms with van der Waals surface area (Å²) in [6.07, 6.45) is 1.03. The molecule has 1 heterocycles. The molecule has 20 heavy (non-hydrogen) atoms. The average Bonchev–Trinajstić information content (AvgIpc) is 2.72. The second-order valence-electron chi connectivity index (χ2n) is 6.36. The van der Waals surface area contributed by atoms with Crippen LogP contribution < -0.4 is 5.73 Å². The van der Waals surface area contributed by atoms with Gasteiger partial charge >= 0.3 is 0 Å². The van der Waals surface area contributed by atoms with Crippen LogP contribution >= 0.6 is 0 Å². The lowest BCUT2D eigenvalue weighted by molar-refractivity contribution is 0.473. The highest BCUT2D eigenvalue weighted by Crippen LogP contribution is 2.30. The van der Waals surface area contributed by atoms with Gasteiger partial charge in [-0.3, -0.25) is 0 Å². The van der Waals surface area contributed by atoms with Crippen molar-refractivity contribution >= 4 is 11.0 Å². The standard InChI is InChI=1S/C17H27N3/c1-11(2)14(8-9-18)13-6-7-16-15(10-13)19-17(12(3)4)20(16)5/h6-7,10-12,14H,8-9,18H2,1-5H3. The Bertz CT molecular complexity index is 581.